The number of aromatic hydroxyl groups is 1. The van der Waals surface area contributed by atoms with Crippen LogP contribution in [-0.2, 0) is 7.05 Å². The smallest absolute Gasteiger partial charge is 0.192 e. The van der Waals surface area contributed by atoms with Gasteiger partial charge in [-0.2, -0.15) is 0 Å². The van der Waals surface area contributed by atoms with Gasteiger partial charge in [0.25, 0.3) is 0 Å². The van der Waals surface area contributed by atoms with Crippen molar-refractivity contribution in [1.82, 2.24) is 4.57 Å². The summed E-state index contributed by atoms with van der Waals surface area (Å²) < 4.78 is 1.64. The van der Waals surface area contributed by atoms with Crippen LogP contribution in [0.4, 0.5) is 5.69 Å². The molecule has 0 aliphatic rings. The second-order valence-electron chi connectivity index (χ2n) is 1.95. The van der Waals surface area contributed by atoms with E-state index in [0.29, 0.717) is 0 Å². The third-order valence-electron chi connectivity index (χ3n) is 1.27. The summed E-state index contributed by atoms with van der Waals surface area (Å²) in [5, 5.41) is 11.9. The molecule has 0 aromatic carbocycles. The van der Waals surface area contributed by atoms with Crippen LogP contribution >= 0.6 is 0 Å². The molecular weight excluding hydrogens is 116 g/mol. The maximum Gasteiger partial charge on any atom is 0.192 e. The van der Waals surface area contributed by atoms with Gasteiger partial charge in [0.1, 0.15) is 0 Å². The molecule has 0 saturated heterocycles. The first-order valence-corrected chi connectivity index (χ1v) is 2.77. The number of nitrogens with one attached hydrogen (secondary N) is 1. The molecule has 1 aromatic heterocycles. The normalized spacial score (nSPS) is 9.56. The van der Waals surface area contributed by atoms with E-state index in [1.54, 1.807) is 17.7 Å². The number of aromatic nitrogens is 1. The van der Waals surface area contributed by atoms with Gasteiger partial charge in [0.2, 0.25) is 0 Å². The fourth-order valence-electron chi connectivity index (χ4n) is 0.690. The van der Waals surface area contributed by atoms with Gasteiger partial charge in [-0.1, -0.05) is 0 Å². The largest absolute Gasteiger partial charge is 0.494 e. The van der Waals surface area contributed by atoms with E-state index in [-0.39, 0.29) is 5.88 Å². The van der Waals surface area contributed by atoms with Gasteiger partial charge in [-0.3, -0.25) is 0 Å². The van der Waals surface area contributed by atoms with Crippen molar-refractivity contribution in [2.75, 3.05) is 12.4 Å². The summed E-state index contributed by atoms with van der Waals surface area (Å²) >= 11 is 0. The second kappa shape index (κ2) is 2.01. The van der Waals surface area contributed by atoms with Crippen molar-refractivity contribution in [1.29, 1.82) is 0 Å². The Kier molecular flexibility index (Phi) is 1.34. The zero-order chi connectivity index (χ0) is 6.85. The maximum atomic E-state index is 8.99. The van der Waals surface area contributed by atoms with Gasteiger partial charge in [0.05, 0.1) is 5.69 Å². The fourth-order valence-corrected chi connectivity index (χ4v) is 0.690. The maximum absolute atomic E-state index is 8.99. The molecule has 0 atom stereocenters. The van der Waals surface area contributed by atoms with E-state index < -0.39 is 0 Å². The molecule has 2 N–H and O–H groups in total. The quantitative estimate of drug-likeness (QED) is 0.583. The molecule has 0 aliphatic heterocycles. The van der Waals surface area contributed by atoms with Crippen LogP contribution in [-0.4, -0.2) is 16.7 Å². The highest BCUT2D eigenvalue weighted by Gasteiger charge is 1.95. The monoisotopic (exact) mass is 126 g/mol. The zero-order valence-electron chi connectivity index (χ0n) is 5.55. The van der Waals surface area contributed by atoms with Crippen LogP contribution in [0.2, 0.25) is 0 Å². The van der Waals surface area contributed by atoms with Crippen molar-refractivity contribution in [2.45, 2.75) is 0 Å². The standard InChI is InChI=1S/C6H10N2O/c1-7-5-3-6(9)8(2)4-5/h3-4,7,9H,1-2H3. The van der Waals surface area contributed by atoms with Gasteiger partial charge in [0, 0.05) is 26.4 Å². The van der Waals surface area contributed by atoms with Crippen LogP contribution in [0.1, 0.15) is 0 Å². The Morgan fingerprint density at radius 3 is 2.56 bits per heavy atom. The molecule has 0 amide bonds. The number of anilines is 1. The molecule has 50 valence electrons. The number of rotatable bonds is 1. The first kappa shape index (κ1) is 6.01. The molecule has 1 heterocycles. The summed E-state index contributed by atoms with van der Waals surface area (Å²) in [5.41, 5.74) is 0.926. The van der Waals surface area contributed by atoms with E-state index >= 15 is 0 Å². The van der Waals surface area contributed by atoms with Crippen molar-refractivity contribution in [3.63, 3.8) is 0 Å². The lowest BCUT2D eigenvalue weighted by Gasteiger charge is -1.89. The molecule has 9 heavy (non-hydrogen) atoms. The summed E-state index contributed by atoms with van der Waals surface area (Å²) in [4.78, 5) is 0. The van der Waals surface area contributed by atoms with E-state index in [1.807, 2.05) is 13.2 Å². The van der Waals surface area contributed by atoms with E-state index in [9.17, 15) is 0 Å². The SMILES string of the molecule is CNc1cc(O)n(C)c1. The average molecular weight is 126 g/mol. The third kappa shape index (κ3) is 0.988. The van der Waals surface area contributed by atoms with Gasteiger partial charge in [-0.05, 0) is 0 Å². The second-order valence-corrected chi connectivity index (χ2v) is 1.95. The molecule has 0 unspecified atom stereocenters. The highest BCUT2D eigenvalue weighted by atomic mass is 16.3. The average Bonchev–Trinajstić information content (AvgIpc) is 2.13. The highest BCUT2D eigenvalue weighted by Crippen LogP contribution is 2.16. The number of hydrogen-bond acceptors (Lipinski definition) is 2. The third-order valence-corrected chi connectivity index (χ3v) is 1.27. The molecule has 1 aromatic rings. The molecule has 3 heteroatoms. The predicted molar refractivity (Wildman–Crippen MR) is 36.6 cm³/mol. The Morgan fingerprint density at radius 1 is 1.67 bits per heavy atom. The lowest BCUT2D eigenvalue weighted by atomic mass is 10.5. The molecule has 1 rings (SSSR count). The van der Waals surface area contributed by atoms with Gasteiger partial charge in [-0.15, -0.1) is 0 Å². The highest BCUT2D eigenvalue weighted by molar-refractivity contribution is 5.45. The van der Waals surface area contributed by atoms with Crippen LogP contribution in [0.3, 0.4) is 0 Å². The Bertz CT molecular complexity index is 185. The molecule has 0 radical (unpaired) electrons. The lowest BCUT2D eigenvalue weighted by molar-refractivity contribution is 0.432. The van der Waals surface area contributed by atoms with Gasteiger partial charge >= 0.3 is 0 Å². The van der Waals surface area contributed by atoms with Crippen LogP contribution in [0.15, 0.2) is 12.3 Å². The van der Waals surface area contributed by atoms with Crippen molar-refractivity contribution in [3.05, 3.63) is 12.3 Å². The van der Waals surface area contributed by atoms with Crippen molar-refractivity contribution in [2.24, 2.45) is 7.05 Å². The van der Waals surface area contributed by atoms with E-state index in [4.69, 9.17) is 5.11 Å². The Balaban J connectivity index is 2.98. The van der Waals surface area contributed by atoms with E-state index in [0.717, 1.165) is 5.69 Å². The Hall–Kier alpha value is -1.12. The van der Waals surface area contributed by atoms with E-state index in [2.05, 4.69) is 5.32 Å². The van der Waals surface area contributed by atoms with Crippen LogP contribution < -0.4 is 5.32 Å². The number of hydrogen-bond donors (Lipinski definition) is 2. The molecular formula is C6H10N2O. The van der Waals surface area contributed by atoms with Gasteiger partial charge in [-0.25, -0.2) is 0 Å². The molecule has 0 aliphatic carbocycles. The van der Waals surface area contributed by atoms with Crippen molar-refractivity contribution in [3.8, 4) is 5.88 Å². The lowest BCUT2D eigenvalue weighted by Crippen LogP contribution is -1.84. The summed E-state index contributed by atoms with van der Waals surface area (Å²) in [5.74, 6) is 0.277. The molecule has 0 bridgehead atoms. The predicted octanol–water partition coefficient (Wildman–Crippen LogP) is 0.772. The molecule has 0 fully saturated rings. The zero-order valence-corrected chi connectivity index (χ0v) is 5.55. The Morgan fingerprint density at radius 2 is 2.33 bits per heavy atom. The summed E-state index contributed by atoms with van der Waals surface area (Å²) in [7, 11) is 3.60. The van der Waals surface area contributed by atoms with Crippen LogP contribution in [0.5, 0.6) is 5.88 Å². The minimum atomic E-state index is 0.277. The minimum absolute atomic E-state index is 0.277. The summed E-state index contributed by atoms with van der Waals surface area (Å²) in [6, 6.07) is 1.67. The first-order valence-electron chi connectivity index (χ1n) is 2.77. The first-order chi connectivity index (χ1) is 4.24. The van der Waals surface area contributed by atoms with Gasteiger partial charge in [0.15, 0.2) is 5.88 Å². The number of nitrogens with zero attached hydrogens (tertiary/aromatic N) is 1. The fraction of sp³-hybridized carbons (Fsp3) is 0.333. The van der Waals surface area contributed by atoms with Crippen LogP contribution in [0.25, 0.3) is 0 Å². The molecule has 0 spiro atoms. The molecule has 3 nitrogen and oxygen atoms in total. The van der Waals surface area contributed by atoms with Crippen molar-refractivity contribution < 1.29 is 5.11 Å². The van der Waals surface area contributed by atoms with Crippen molar-refractivity contribution >= 4 is 5.69 Å². The molecule has 0 saturated carbocycles. The van der Waals surface area contributed by atoms with Gasteiger partial charge < -0.3 is 15.0 Å². The summed E-state index contributed by atoms with van der Waals surface area (Å²) in [6.07, 6.45) is 1.81. The summed E-state index contributed by atoms with van der Waals surface area (Å²) in [6.45, 7) is 0. The van der Waals surface area contributed by atoms with E-state index in [1.165, 1.54) is 0 Å². The number of aryl methyl sites for hydroxylation is 1. The van der Waals surface area contributed by atoms with Crippen LogP contribution in [0, 0.1) is 0 Å². The topological polar surface area (TPSA) is 37.2 Å². The minimum Gasteiger partial charge on any atom is -0.494 e. The Labute approximate surface area is 53.9 Å².